The molecule has 0 bridgehead atoms. The minimum atomic E-state index is -0.493. The van der Waals surface area contributed by atoms with Gasteiger partial charge in [0.25, 0.3) is 5.69 Å². The van der Waals surface area contributed by atoms with Crippen LogP contribution < -0.4 is 10.5 Å². The molecule has 0 saturated carbocycles. The zero-order valence-corrected chi connectivity index (χ0v) is 13.8. The molecule has 0 radical (unpaired) electrons. The molecule has 7 nitrogen and oxygen atoms in total. The number of nitro benzene ring substituents is 1. The number of rotatable bonds is 6. The molecule has 0 atom stereocenters. The van der Waals surface area contributed by atoms with Crippen LogP contribution in [0, 0.1) is 10.1 Å². The van der Waals surface area contributed by atoms with E-state index in [2.05, 4.69) is 10.2 Å². The van der Waals surface area contributed by atoms with Crippen molar-refractivity contribution in [3.05, 3.63) is 69.8 Å². The highest BCUT2D eigenvalue weighted by molar-refractivity contribution is 8.13. The maximum Gasteiger partial charge on any atom is 0.273 e. The normalized spacial score (nSPS) is 11.6. The third-order valence-corrected chi connectivity index (χ3v) is 3.81. The number of methoxy groups -OCH3 is 1. The van der Waals surface area contributed by atoms with Gasteiger partial charge in [0.15, 0.2) is 5.17 Å². The highest BCUT2D eigenvalue weighted by Crippen LogP contribution is 2.21. The van der Waals surface area contributed by atoms with Gasteiger partial charge in [0.05, 0.1) is 24.3 Å². The Kier molecular flexibility index (Phi) is 6.32. The van der Waals surface area contributed by atoms with E-state index >= 15 is 0 Å². The monoisotopic (exact) mass is 344 g/mol. The van der Waals surface area contributed by atoms with Gasteiger partial charge in [-0.05, 0) is 11.6 Å². The Balaban J connectivity index is 2.01. The zero-order valence-electron chi connectivity index (χ0n) is 13.0. The molecular formula is C16H16N4O3S. The van der Waals surface area contributed by atoms with E-state index in [9.17, 15) is 10.1 Å². The predicted molar refractivity (Wildman–Crippen MR) is 96.6 cm³/mol. The number of nitrogens with zero attached hydrogens (tertiary/aromatic N) is 3. The van der Waals surface area contributed by atoms with Crippen LogP contribution in [-0.2, 0) is 5.75 Å². The molecule has 0 amide bonds. The SMILES string of the molecule is COc1cc(C=NN=C(N)SCc2ccccc2)cc([N+](=O)[O-])c1. The summed E-state index contributed by atoms with van der Waals surface area (Å²) >= 11 is 1.36. The van der Waals surface area contributed by atoms with E-state index in [1.54, 1.807) is 6.07 Å². The maximum atomic E-state index is 10.9. The molecule has 0 heterocycles. The molecule has 2 rings (SSSR count). The van der Waals surface area contributed by atoms with Crippen LogP contribution in [0.3, 0.4) is 0 Å². The predicted octanol–water partition coefficient (Wildman–Crippen LogP) is 3.19. The first-order valence-corrected chi connectivity index (χ1v) is 7.93. The molecule has 2 aromatic rings. The highest BCUT2D eigenvalue weighted by Gasteiger charge is 2.09. The third kappa shape index (κ3) is 5.40. The molecular weight excluding hydrogens is 328 g/mol. The first-order valence-electron chi connectivity index (χ1n) is 6.95. The minimum absolute atomic E-state index is 0.0776. The number of non-ortho nitro benzene ring substituents is 1. The molecule has 0 aliphatic rings. The second kappa shape index (κ2) is 8.68. The summed E-state index contributed by atoms with van der Waals surface area (Å²) in [6.07, 6.45) is 1.39. The van der Waals surface area contributed by atoms with Gasteiger partial charge in [-0.1, -0.05) is 42.1 Å². The minimum Gasteiger partial charge on any atom is -0.496 e. The average molecular weight is 344 g/mol. The van der Waals surface area contributed by atoms with Crippen molar-refractivity contribution >= 4 is 28.8 Å². The fourth-order valence-corrected chi connectivity index (χ4v) is 2.43. The fourth-order valence-electron chi connectivity index (χ4n) is 1.82. The van der Waals surface area contributed by atoms with E-state index in [1.165, 1.54) is 37.2 Å². The van der Waals surface area contributed by atoms with Crippen molar-refractivity contribution in [2.45, 2.75) is 5.75 Å². The average Bonchev–Trinajstić information content (AvgIpc) is 2.60. The molecule has 0 unspecified atom stereocenters. The molecule has 0 fully saturated rings. The van der Waals surface area contributed by atoms with Gasteiger partial charge in [-0.3, -0.25) is 10.1 Å². The van der Waals surface area contributed by atoms with E-state index in [0.29, 0.717) is 22.2 Å². The van der Waals surface area contributed by atoms with E-state index in [0.717, 1.165) is 5.56 Å². The Morgan fingerprint density at radius 1 is 1.33 bits per heavy atom. The Hall–Kier alpha value is -2.87. The fraction of sp³-hybridized carbons (Fsp3) is 0.125. The topological polar surface area (TPSA) is 103 Å². The quantitative estimate of drug-likeness (QED) is 0.375. The lowest BCUT2D eigenvalue weighted by atomic mass is 10.2. The van der Waals surface area contributed by atoms with Crippen molar-refractivity contribution in [3.8, 4) is 5.75 Å². The molecule has 2 aromatic carbocycles. The summed E-state index contributed by atoms with van der Waals surface area (Å²) in [5.41, 5.74) is 7.35. The summed E-state index contributed by atoms with van der Waals surface area (Å²) in [7, 11) is 1.44. The first kappa shape index (κ1) is 17.5. The van der Waals surface area contributed by atoms with Crippen LogP contribution in [0.25, 0.3) is 0 Å². The number of hydrogen-bond acceptors (Lipinski definition) is 6. The number of amidine groups is 1. The zero-order chi connectivity index (χ0) is 17.4. The summed E-state index contributed by atoms with van der Waals surface area (Å²) in [5.74, 6) is 1.07. The molecule has 0 saturated heterocycles. The second-order valence-corrected chi connectivity index (χ2v) is 5.67. The van der Waals surface area contributed by atoms with Gasteiger partial charge in [0.2, 0.25) is 0 Å². The molecule has 24 heavy (non-hydrogen) atoms. The van der Waals surface area contributed by atoms with Gasteiger partial charge in [0.1, 0.15) is 5.75 Å². The number of nitrogens with two attached hydrogens (primary N) is 1. The van der Waals surface area contributed by atoms with Crippen molar-refractivity contribution < 1.29 is 9.66 Å². The largest absolute Gasteiger partial charge is 0.496 e. The van der Waals surface area contributed by atoms with Gasteiger partial charge in [-0.25, -0.2) is 0 Å². The smallest absolute Gasteiger partial charge is 0.273 e. The summed E-state index contributed by atoms with van der Waals surface area (Å²) in [5, 5.41) is 18.9. The van der Waals surface area contributed by atoms with Crippen LogP contribution in [0.4, 0.5) is 5.69 Å². The number of thioether (sulfide) groups is 1. The Labute approximate surface area is 143 Å². The van der Waals surface area contributed by atoms with Crippen molar-refractivity contribution in [2.24, 2.45) is 15.9 Å². The summed E-state index contributed by atoms with van der Waals surface area (Å²) in [4.78, 5) is 10.4. The van der Waals surface area contributed by atoms with Gasteiger partial charge >= 0.3 is 0 Å². The standard InChI is InChI=1S/C16H16N4O3S/c1-23-15-8-13(7-14(9-15)20(21)22)10-18-19-16(17)24-11-12-5-3-2-4-6-12/h2-10H,11H2,1H3,(H2,17,19). The van der Waals surface area contributed by atoms with Crippen molar-refractivity contribution in [1.82, 2.24) is 0 Å². The highest BCUT2D eigenvalue weighted by atomic mass is 32.2. The molecule has 0 aliphatic heterocycles. The van der Waals surface area contributed by atoms with Gasteiger partial charge in [0, 0.05) is 17.4 Å². The molecule has 124 valence electrons. The van der Waals surface area contributed by atoms with Crippen LogP contribution >= 0.6 is 11.8 Å². The first-order chi connectivity index (χ1) is 11.6. The van der Waals surface area contributed by atoms with Crippen molar-refractivity contribution in [2.75, 3.05) is 7.11 Å². The van der Waals surface area contributed by atoms with E-state index < -0.39 is 4.92 Å². The Bertz CT molecular complexity index is 763. The van der Waals surface area contributed by atoms with Gasteiger partial charge < -0.3 is 10.5 Å². The number of nitro groups is 1. The molecule has 2 N–H and O–H groups in total. The van der Waals surface area contributed by atoms with Crippen molar-refractivity contribution in [1.29, 1.82) is 0 Å². The van der Waals surface area contributed by atoms with Crippen LogP contribution in [0.15, 0.2) is 58.7 Å². The summed E-state index contributed by atoms with van der Waals surface area (Å²) in [6, 6.07) is 14.2. The lowest BCUT2D eigenvalue weighted by Gasteiger charge is -2.01. The summed E-state index contributed by atoms with van der Waals surface area (Å²) in [6.45, 7) is 0. The molecule has 0 aliphatic carbocycles. The number of ether oxygens (including phenoxy) is 1. The van der Waals surface area contributed by atoms with Crippen LogP contribution in [0.1, 0.15) is 11.1 Å². The van der Waals surface area contributed by atoms with E-state index in [4.69, 9.17) is 10.5 Å². The van der Waals surface area contributed by atoms with E-state index in [-0.39, 0.29) is 5.69 Å². The molecule has 0 aromatic heterocycles. The van der Waals surface area contributed by atoms with Crippen LogP contribution in [0.2, 0.25) is 0 Å². The summed E-state index contributed by atoms with van der Waals surface area (Å²) < 4.78 is 5.03. The molecule has 8 heteroatoms. The second-order valence-electron chi connectivity index (χ2n) is 4.68. The van der Waals surface area contributed by atoms with E-state index in [1.807, 2.05) is 30.3 Å². The lowest BCUT2D eigenvalue weighted by Crippen LogP contribution is -2.06. The number of benzene rings is 2. The lowest BCUT2D eigenvalue weighted by molar-refractivity contribution is -0.384. The van der Waals surface area contributed by atoms with Gasteiger partial charge in [-0.15, -0.1) is 5.10 Å². The van der Waals surface area contributed by atoms with Crippen LogP contribution in [0.5, 0.6) is 5.75 Å². The third-order valence-electron chi connectivity index (χ3n) is 2.95. The maximum absolute atomic E-state index is 10.9. The van der Waals surface area contributed by atoms with Gasteiger partial charge in [-0.2, -0.15) is 5.10 Å². The van der Waals surface area contributed by atoms with Crippen LogP contribution in [-0.4, -0.2) is 23.4 Å². The Morgan fingerprint density at radius 3 is 2.75 bits per heavy atom. The van der Waals surface area contributed by atoms with Crippen molar-refractivity contribution in [3.63, 3.8) is 0 Å². The Morgan fingerprint density at radius 2 is 2.08 bits per heavy atom. The number of hydrogen-bond donors (Lipinski definition) is 1. The molecule has 0 spiro atoms.